The predicted molar refractivity (Wildman–Crippen MR) is 66.3 cm³/mol. The summed E-state index contributed by atoms with van der Waals surface area (Å²) in [6.07, 6.45) is 1.85. The fourth-order valence-electron chi connectivity index (χ4n) is 1.03. The third-order valence-electron chi connectivity index (χ3n) is 2.03. The van der Waals surface area contributed by atoms with E-state index in [0.717, 1.165) is 0 Å². The average molecular weight is 264 g/mol. The van der Waals surface area contributed by atoms with E-state index >= 15 is 0 Å². The molecule has 0 saturated carbocycles. The lowest BCUT2D eigenvalue weighted by Gasteiger charge is -2.04. The van der Waals surface area contributed by atoms with Gasteiger partial charge in [0.1, 0.15) is 0 Å². The molecule has 0 heterocycles. The molecule has 0 aliphatic rings. The summed E-state index contributed by atoms with van der Waals surface area (Å²) in [5.41, 5.74) is 0. The summed E-state index contributed by atoms with van der Waals surface area (Å²) in [5, 5.41) is 33.6. The maximum atomic E-state index is 9.90. The van der Waals surface area contributed by atoms with E-state index in [0.29, 0.717) is 25.7 Å². The van der Waals surface area contributed by atoms with Crippen LogP contribution < -0.4 is 0 Å². The number of carboxylic acid groups (broad SMARTS) is 2. The highest BCUT2D eigenvalue weighted by molar-refractivity contribution is 5.67. The molecule has 0 aliphatic carbocycles. The van der Waals surface area contributed by atoms with Gasteiger partial charge in [0.25, 0.3) is 0 Å². The monoisotopic (exact) mass is 264 g/mol. The van der Waals surface area contributed by atoms with Crippen LogP contribution in [0, 0.1) is 0 Å². The first-order chi connectivity index (χ1) is 8.25. The van der Waals surface area contributed by atoms with Crippen LogP contribution >= 0.6 is 0 Å². The molecule has 18 heavy (non-hydrogen) atoms. The molecule has 0 saturated heterocycles. The van der Waals surface area contributed by atoms with Gasteiger partial charge >= 0.3 is 11.9 Å². The fraction of sp³-hybridized carbons (Fsp3) is 0.833. The summed E-state index contributed by atoms with van der Waals surface area (Å²) in [4.78, 5) is 19.8. The van der Waals surface area contributed by atoms with Crippen molar-refractivity contribution in [3.05, 3.63) is 0 Å². The van der Waals surface area contributed by atoms with E-state index in [9.17, 15) is 9.59 Å². The second kappa shape index (κ2) is 12.3. The van der Waals surface area contributed by atoms with Gasteiger partial charge in [-0.15, -0.1) is 0 Å². The zero-order valence-corrected chi connectivity index (χ0v) is 11.0. The van der Waals surface area contributed by atoms with Gasteiger partial charge in [0.15, 0.2) is 0 Å². The molecule has 2 unspecified atom stereocenters. The molecule has 0 aromatic carbocycles. The zero-order valence-electron chi connectivity index (χ0n) is 11.0. The molecule has 0 spiro atoms. The van der Waals surface area contributed by atoms with E-state index in [2.05, 4.69) is 0 Å². The number of carboxylic acids is 2. The number of hydrogen-bond donors (Lipinski definition) is 4. The zero-order chi connectivity index (χ0) is 14.6. The van der Waals surface area contributed by atoms with Crippen molar-refractivity contribution in [3.8, 4) is 0 Å². The highest BCUT2D eigenvalue weighted by atomic mass is 16.4. The minimum absolute atomic E-state index is 0.0628. The van der Waals surface area contributed by atoms with Gasteiger partial charge in [-0.2, -0.15) is 0 Å². The topological polar surface area (TPSA) is 115 Å². The summed E-state index contributed by atoms with van der Waals surface area (Å²) in [6, 6.07) is 0. The Morgan fingerprint density at radius 1 is 0.833 bits per heavy atom. The summed E-state index contributed by atoms with van der Waals surface area (Å²) >= 11 is 0. The van der Waals surface area contributed by atoms with Crippen LogP contribution in [0.25, 0.3) is 0 Å². The summed E-state index contributed by atoms with van der Waals surface area (Å²) in [6.45, 7) is 3.45. The molecule has 0 aliphatic heterocycles. The van der Waals surface area contributed by atoms with E-state index in [-0.39, 0.29) is 25.0 Å². The van der Waals surface area contributed by atoms with Crippen LogP contribution in [0.2, 0.25) is 0 Å². The van der Waals surface area contributed by atoms with Gasteiger partial charge in [0.05, 0.1) is 12.2 Å². The van der Waals surface area contributed by atoms with E-state index in [1.54, 1.807) is 13.8 Å². The van der Waals surface area contributed by atoms with Crippen LogP contribution in [-0.2, 0) is 9.59 Å². The van der Waals surface area contributed by atoms with E-state index in [1.807, 2.05) is 0 Å². The Hall–Kier alpha value is -1.14. The first-order valence-electron chi connectivity index (χ1n) is 6.05. The van der Waals surface area contributed by atoms with Gasteiger partial charge in [-0.05, 0) is 39.5 Å². The summed E-state index contributed by atoms with van der Waals surface area (Å²) in [5.74, 6) is -1.74. The maximum Gasteiger partial charge on any atom is 0.303 e. The number of hydrogen-bond acceptors (Lipinski definition) is 4. The van der Waals surface area contributed by atoms with Crippen LogP contribution in [0.4, 0.5) is 0 Å². The van der Waals surface area contributed by atoms with Gasteiger partial charge < -0.3 is 20.4 Å². The van der Waals surface area contributed by atoms with Crippen molar-refractivity contribution in [2.45, 2.75) is 64.6 Å². The highest BCUT2D eigenvalue weighted by Gasteiger charge is 1.99. The van der Waals surface area contributed by atoms with Crippen molar-refractivity contribution in [1.82, 2.24) is 0 Å². The number of aliphatic hydroxyl groups excluding tert-OH is 2. The lowest BCUT2D eigenvalue weighted by Crippen LogP contribution is -2.06. The molecule has 2 atom stereocenters. The van der Waals surface area contributed by atoms with Gasteiger partial charge in [-0.3, -0.25) is 9.59 Å². The molecule has 6 heteroatoms. The Labute approximate surface area is 107 Å². The molecule has 0 bridgehead atoms. The van der Waals surface area contributed by atoms with Crippen molar-refractivity contribution in [3.63, 3.8) is 0 Å². The number of rotatable bonds is 8. The second-order valence-electron chi connectivity index (χ2n) is 4.27. The molecule has 108 valence electrons. The van der Waals surface area contributed by atoms with Gasteiger partial charge in [-0.25, -0.2) is 0 Å². The van der Waals surface area contributed by atoms with Crippen molar-refractivity contribution in [1.29, 1.82) is 0 Å². The standard InChI is InChI=1S/C6H10O4.C6H14O2/c7-5(8)3-1-2-4-6(9)10;1-5(7)3-4-6(2)8/h1-4H2,(H,7,8)(H,9,10);5-8H,3-4H2,1-2H3. The van der Waals surface area contributed by atoms with E-state index < -0.39 is 11.9 Å². The van der Waals surface area contributed by atoms with Crippen LogP contribution in [0.3, 0.4) is 0 Å². The van der Waals surface area contributed by atoms with Crippen molar-refractivity contribution in [2.75, 3.05) is 0 Å². The Bertz CT molecular complexity index is 201. The Balaban J connectivity index is 0. The van der Waals surface area contributed by atoms with E-state index in [1.165, 1.54) is 0 Å². The third-order valence-corrected chi connectivity index (χ3v) is 2.03. The second-order valence-corrected chi connectivity index (χ2v) is 4.27. The smallest absolute Gasteiger partial charge is 0.303 e. The molecule has 0 radical (unpaired) electrons. The first-order valence-corrected chi connectivity index (χ1v) is 6.05. The number of aliphatic hydroxyl groups is 2. The molecule has 0 rings (SSSR count). The fourth-order valence-corrected chi connectivity index (χ4v) is 1.03. The average Bonchev–Trinajstić information content (AvgIpc) is 2.22. The molecular formula is C12H24O6. The Morgan fingerprint density at radius 2 is 1.11 bits per heavy atom. The maximum absolute atomic E-state index is 9.90. The summed E-state index contributed by atoms with van der Waals surface area (Å²) < 4.78 is 0. The van der Waals surface area contributed by atoms with Gasteiger partial charge in [0, 0.05) is 12.8 Å². The lowest BCUT2D eigenvalue weighted by molar-refractivity contribution is -0.139. The highest BCUT2D eigenvalue weighted by Crippen LogP contribution is 1.99. The SMILES string of the molecule is CC(O)CCC(C)O.O=C(O)CCCCC(=O)O. The molecular weight excluding hydrogens is 240 g/mol. The van der Waals surface area contributed by atoms with Gasteiger partial charge in [0.2, 0.25) is 0 Å². The molecule has 4 N–H and O–H groups in total. The number of aliphatic carboxylic acids is 2. The van der Waals surface area contributed by atoms with Crippen LogP contribution in [0.5, 0.6) is 0 Å². The lowest BCUT2D eigenvalue weighted by atomic mass is 10.1. The predicted octanol–water partition coefficient (Wildman–Crippen LogP) is 1.24. The molecule has 0 aromatic heterocycles. The largest absolute Gasteiger partial charge is 0.481 e. The Morgan fingerprint density at radius 3 is 1.28 bits per heavy atom. The normalized spacial score (nSPS) is 13.1. The molecule has 0 fully saturated rings. The van der Waals surface area contributed by atoms with Crippen molar-refractivity contribution in [2.24, 2.45) is 0 Å². The minimum Gasteiger partial charge on any atom is -0.481 e. The van der Waals surface area contributed by atoms with Gasteiger partial charge in [-0.1, -0.05) is 0 Å². The van der Waals surface area contributed by atoms with Crippen LogP contribution in [0.1, 0.15) is 52.4 Å². The number of carbonyl (C=O) groups is 2. The number of unbranched alkanes of at least 4 members (excludes halogenated alkanes) is 1. The third kappa shape index (κ3) is 24.2. The quantitative estimate of drug-likeness (QED) is 0.490. The van der Waals surface area contributed by atoms with Crippen molar-refractivity contribution >= 4 is 11.9 Å². The molecule has 0 aromatic rings. The van der Waals surface area contributed by atoms with Crippen LogP contribution in [-0.4, -0.2) is 44.6 Å². The van der Waals surface area contributed by atoms with E-state index in [4.69, 9.17) is 20.4 Å². The van der Waals surface area contributed by atoms with Crippen molar-refractivity contribution < 1.29 is 30.0 Å². The summed E-state index contributed by atoms with van der Waals surface area (Å²) in [7, 11) is 0. The Kier molecular flexibility index (Phi) is 13.1. The minimum atomic E-state index is -0.870. The first kappa shape index (κ1) is 19.2. The molecule has 0 amide bonds. The molecule has 6 nitrogen and oxygen atoms in total. The van der Waals surface area contributed by atoms with Crippen LogP contribution in [0.15, 0.2) is 0 Å².